The van der Waals surface area contributed by atoms with E-state index in [0.717, 1.165) is 16.7 Å². The Labute approximate surface area is 153 Å². The second-order valence-corrected chi connectivity index (χ2v) is 6.99. The smallest absolute Gasteiger partial charge is 0.254 e. The number of aryl methyl sites for hydroxylation is 2. The van der Waals surface area contributed by atoms with Gasteiger partial charge in [0.15, 0.2) is 0 Å². The lowest BCUT2D eigenvalue weighted by atomic mass is 10.0. The molecule has 1 saturated heterocycles. The molecule has 2 aromatic rings. The number of amides is 1. The summed E-state index contributed by atoms with van der Waals surface area (Å²) in [6.07, 6.45) is 0. The zero-order chi connectivity index (χ0) is 18.0. The first kappa shape index (κ1) is 17.9. The van der Waals surface area contributed by atoms with E-state index in [2.05, 4.69) is 4.90 Å². The highest BCUT2D eigenvalue weighted by Crippen LogP contribution is 2.22. The molecule has 1 heterocycles. The summed E-state index contributed by atoms with van der Waals surface area (Å²) in [5.41, 5.74) is 3.38. The van der Waals surface area contributed by atoms with Gasteiger partial charge in [-0.3, -0.25) is 9.69 Å². The van der Waals surface area contributed by atoms with E-state index >= 15 is 0 Å². The van der Waals surface area contributed by atoms with Crippen molar-refractivity contribution < 1.29 is 9.18 Å². The van der Waals surface area contributed by atoms with Crippen molar-refractivity contribution in [2.24, 2.45) is 0 Å². The average molecular weight is 361 g/mol. The van der Waals surface area contributed by atoms with Crippen molar-refractivity contribution in [3.8, 4) is 0 Å². The molecule has 0 atom stereocenters. The van der Waals surface area contributed by atoms with E-state index in [0.29, 0.717) is 43.3 Å². The number of rotatable bonds is 3. The summed E-state index contributed by atoms with van der Waals surface area (Å²) >= 11 is 6.11. The molecule has 0 N–H and O–H groups in total. The largest absolute Gasteiger partial charge is 0.336 e. The molecule has 1 amide bonds. The van der Waals surface area contributed by atoms with Gasteiger partial charge in [-0.1, -0.05) is 35.4 Å². The van der Waals surface area contributed by atoms with Gasteiger partial charge in [0, 0.05) is 48.9 Å². The van der Waals surface area contributed by atoms with Gasteiger partial charge in [0.25, 0.3) is 5.91 Å². The van der Waals surface area contributed by atoms with E-state index in [1.165, 1.54) is 6.07 Å². The fourth-order valence-electron chi connectivity index (χ4n) is 3.15. The van der Waals surface area contributed by atoms with E-state index in [1.807, 2.05) is 36.9 Å². The summed E-state index contributed by atoms with van der Waals surface area (Å²) < 4.78 is 13.9. The van der Waals surface area contributed by atoms with Crippen LogP contribution in [0.5, 0.6) is 0 Å². The summed E-state index contributed by atoms with van der Waals surface area (Å²) in [4.78, 5) is 16.8. The van der Waals surface area contributed by atoms with Crippen LogP contribution >= 0.6 is 11.6 Å². The molecule has 1 aliphatic heterocycles. The third-order valence-corrected chi connectivity index (χ3v) is 5.08. The Balaban J connectivity index is 1.64. The lowest BCUT2D eigenvalue weighted by molar-refractivity contribution is 0.0626. The molecule has 0 saturated carbocycles. The van der Waals surface area contributed by atoms with Crippen LogP contribution in [0.25, 0.3) is 0 Å². The number of benzene rings is 2. The zero-order valence-corrected chi connectivity index (χ0v) is 15.3. The quantitative estimate of drug-likeness (QED) is 0.824. The van der Waals surface area contributed by atoms with Crippen LogP contribution in [0.4, 0.5) is 4.39 Å². The molecule has 3 nitrogen and oxygen atoms in total. The molecular weight excluding hydrogens is 339 g/mol. The third-order valence-electron chi connectivity index (χ3n) is 4.73. The van der Waals surface area contributed by atoms with Gasteiger partial charge in [0.05, 0.1) is 0 Å². The topological polar surface area (TPSA) is 23.6 Å². The number of nitrogens with zero attached hydrogens (tertiary/aromatic N) is 2. The van der Waals surface area contributed by atoms with Crippen molar-refractivity contribution in [1.29, 1.82) is 0 Å². The van der Waals surface area contributed by atoms with Crippen molar-refractivity contribution in [3.05, 3.63) is 69.5 Å². The second-order valence-electron chi connectivity index (χ2n) is 6.59. The molecule has 0 aromatic heterocycles. The Hall–Kier alpha value is -1.91. The van der Waals surface area contributed by atoms with Gasteiger partial charge < -0.3 is 4.90 Å². The maximum Gasteiger partial charge on any atom is 0.254 e. The van der Waals surface area contributed by atoms with Gasteiger partial charge in [-0.25, -0.2) is 4.39 Å². The third kappa shape index (κ3) is 4.02. The van der Waals surface area contributed by atoms with Crippen LogP contribution in [-0.4, -0.2) is 41.9 Å². The molecule has 0 spiro atoms. The molecule has 0 aliphatic carbocycles. The maximum absolute atomic E-state index is 13.9. The maximum atomic E-state index is 13.9. The van der Waals surface area contributed by atoms with Crippen molar-refractivity contribution in [1.82, 2.24) is 9.80 Å². The first-order valence-corrected chi connectivity index (χ1v) is 8.85. The van der Waals surface area contributed by atoms with Crippen molar-refractivity contribution in [2.45, 2.75) is 20.4 Å². The SMILES string of the molecule is Cc1ccc(C)c(C(=O)N2CCN(Cc3c(F)cccc3Cl)CC2)c1. The lowest BCUT2D eigenvalue weighted by Gasteiger charge is -2.35. The highest BCUT2D eigenvalue weighted by molar-refractivity contribution is 6.31. The van der Waals surface area contributed by atoms with E-state index in [4.69, 9.17) is 11.6 Å². The highest BCUT2D eigenvalue weighted by atomic mass is 35.5. The van der Waals surface area contributed by atoms with Gasteiger partial charge >= 0.3 is 0 Å². The minimum absolute atomic E-state index is 0.0739. The second kappa shape index (κ2) is 7.54. The highest BCUT2D eigenvalue weighted by Gasteiger charge is 2.24. The monoisotopic (exact) mass is 360 g/mol. The van der Waals surface area contributed by atoms with Crippen LogP contribution in [0.1, 0.15) is 27.0 Å². The molecule has 2 aromatic carbocycles. The minimum atomic E-state index is -0.276. The summed E-state index contributed by atoms with van der Waals surface area (Å²) in [6.45, 7) is 7.12. The Morgan fingerprint density at radius 1 is 1.12 bits per heavy atom. The van der Waals surface area contributed by atoms with Crippen LogP contribution in [0, 0.1) is 19.7 Å². The Morgan fingerprint density at radius 2 is 1.84 bits per heavy atom. The molecule has 0 radical (unpaired) electrons. The Morgan fingerprint density at radius 3 is 2.52 bits per heavy atom. The fraction of sp³-hybridized carbons (Fsp3) is 0.350. The molecule has 132 valence electrons. The number of halogens is 2. The Bertz CT molecular complexity index is 765. The molecular formula is C20H22ClFN2O. The summed E-state index contributed by atoms with van der Waals surface area (Å²) in [7, 11) is 0. The first-order valence-electron chi connectivity index (χ1n) is 8.47. The van der Waals surface area contributed by atoms with Gasteiger partial charge in [0.1, 0.15) is 5.82 Å². The summed E-state index contributed by atoms with van der Waals surface area (Å²) in [6, 6.07) is 10.7. The molecule has 0 bridgehead atoms. The number of carbonyl (C=O) groups is 1. The summed E-state index contributed by atoms with van der Waals surface area (Å²) in [5, 5.41) is 0.453. The van der Waals surface area contributed by atoms with Gasteiger partial charge in [-0.2, -0.15) is 0 Å². The number of piperazine rings is 1. The van der Waals surface area contributed by atoms with E-state index < -0.39 is 0 Å². The standard InChI is InChI=1S/C20H22ClFN2O/c1-14-6-7-15(2)16(12-14)20(25)24-10-8-23(9-11-24)13-17-18(21)4-3-5-19(17)22/h3-7,12H,8-11,13H2,1-2H3. The van der Waals surface area contributed by atoms with Crippen LogP contribution in [0.3, 0.4) is 0 Å². The van der Waals surface area contributed by atoms with Crippen LogP contribution in [-0.2, 0) is 6.54 Å². The lowest BCUT2D eigenvalue weighted by Crippen LogP contribution is -2.48. The van der Waals surface area contributed by atoms with Crippen molar-refractivity contribution >= 4 is 17.5 Å². The molecule has 25 heavy (non-hydrogen) atoms. The van der Waals surface area contributed by atoms with Crippen LogP contribution in [0.15, 0.2) is 36.4 Å². The number of hydrogen-bond acceptors (Lipinski definition) is 2. The fourth-order valence-corrected chi connectivity index (χ4v) is 3.38. The molecule has 1 aliphatic rings. The van der Waals surface area contributed by atoms with Crippen molar-refractivity contribution in [2.75, 3.05) is 26.2 Å². The Kier molecular flexibility index (Phi) is 5.40. The van der Waals surface area contributed by atoms with E-state index in [9.17, 15) is 9.18 Å². The van der Waals surface area contributed by atoms with E-state index in [-0.39, 0.29) is 11.7 Å². The van der Waals surface area contributed by atoms with Crippen LogP contribution in [0.2, 0.25) is 5.02 Å². The molecule has 0 unspecified atom stereocenters. The van der Waals surface area contributed by atoms with E-state index in [1.54, 1.807) is 12.1 Å². The first-order chi connectivity index (χ1) is 12.0. The van der Waals surface area contributed by atoms with Crippen LogP contribution < -0.4 is 0 Å². The summed E-state index contributed by atoms with van der Waals surface area (Å²) in [5.74, 6) is -0.203. The zero-order valence-electron chi connectivity index (χ0n) is 14.6. The number of hydrogen-bond donors (Lipinski definition) is 0. The predicted molar refractivity (Wildman–Crippen MR) is 98.5 cm³/mol. The normalized spacial score (nSPS) is 15.4. The van der Waals surface area contributed by atoms with Crippen molar-refractivity contribution in [3.63, 3.8) is 0 Å². The number of carbonyl (C=O) groups excluding carboxylic acids is 1. The predicted octanol–water partition coefficient (Wildman–Crippen LogP) is 4.05. The molecule has 5 heteroatoms. The minimum Gasteiger partial charge on any atom is -0.336 e. The molecule has 3 rings (SSSR count). The van der Waals surface area contributed by atoms with Gasteiger partial charge in [-0.05, 0) is 37.6 Å². The average Bonchev–Trinajstić information content (AvgIpc) is 2.60. The van der Waals surface area contributed by atoms with Gasteiger partial charge in [0.2, 0.25) is 0 Å². The van der Waals surface area contributed by atoms with Gasteiger partial charge in [-0.15, -0.1) is 0 Å². The molecule has 1 fully saturated rings.